The first-order chi connectivity index (χ1) is 5.49. The third-order valence-electron chi connectivity index (χ3n) is 2.17. The van der Waals surface area contributed by atoms with Gasteiger partial charge in [-0.25, -0.2) is 0 Å². The molecule has 0 saturated carbocycles. The van der Waals surface area contributed by atoms with Crippen LogP contribution >= 0.6 is 0 Å². The Morgan fingerprint density at radius 3 is 1.92 bits per heavy atom. The van der Waals surface area contributed by atoms with E-state index in [2.05, 4.69) is 0 Å². The lowest BCUT2D eigenvalue weighted by Crippen LogP contribution is -2.31. The molecule has 0 amide bonds. The maximum absolute atomic E-state index is 9.45. The van der Waals surface area contributed by atoms with Gasteiger partial charge in [-0.15, -0.1) is 0 Å². The van der Waals surface area contributed by atoms with Gasteiger partial charge in [-0.05, 0) is 12.8 Å². The van der Waals surface area contributed by atoms with E-state index in [1.165, 1.54) is 0 Å². The Balaban J connectivity index is 3.75. The van der Waals surface area contributed by atoms with Crippen molar-refractivity contribution in [2.75, 3.05) is 7.11 Å². The molecule has 0 bridgehead atoms. The number of methoxy groups -OCH3 is 1. The van der Waals surface area contributed by atoms with Gasteiger partial charge in [0.1, 0.15) is 0 Å². The van der Waals surface area contributed by atoms with E-state index >= 15 is 0 Å². The SMILES string of the molecule is COC(C)C(O)CC(O)C(C)C. The Morgan fingerprint density at radius 2 is 1.58 bits per heavy atom. The fourth-order valence-corrected chi connectivity index (χ4v) is 0.868. The zero-order valence-corrected chi connectivity index (χ0v) is 8.32. The summed E-state index contributed by atoms with van der Waals surface area (Å²) in [6.45, 7) is 5.64. The molecule has 74 valence electrons. The highest BCUT2D eigenvalue weighted by molar-refractivity contribution is 4.70. The van der Waals surface area contributed by atoms with E-state index in [-0.39, 0.29) is 12.0 Å². The van der Waals surface area contributed by atoms with E-state index < -0.39 is 12.2 Å². The van der Waals surface area contributed by atoms with Gasteiger partial charge in [-0.3, -0.25) is 0 Å². The first-order valence-corrected chi connectivity index (χ1v) is 4.38. The summed E-state index contributed by atoms with van der Waals surface area (Å²) in [5.74, 6) is 0.184. The van der Waals surface area contributed by atoms with Crippen LogP contribution in [-0.4, -0.2) is 35.6 Å². The van der Waals surface area contributed by atoms with Crippen LogP contribution in [0.5, 0.6) is 0 Å². The summed E-state index contributed by atoms with van der Waals surface area (Å²) >= 11 is 0. The predicted molar refractivity (Wildman–Crippen MR) is 47.9 cm³/mol. The van der Waals surface area contributed by atoms with E-state index in [4.69, 9.17) is 4.74 Å². The zero-order chi connectivity index (χ0) is 9.72. The smallest absolute Gasteiger partial charge is 0.0823 e. The minimum absolute atomic E-state index is 0.184. The second-order valence-electron chi connectivity index (χ2n) is 3.56. The minimum Gasteiger partial charge on any atom is -0.393 e. The van der Waals surface area contributed by atoms with E-state index in [1.807, 2.05) is 13.8 Å². The van der Waals surface area contributed by atoms with Gasteiger partial charge in [-0.1, -0.05) is 13.8 Å². The molecule has 3 nitrogen and oxygen atoms in total. The molecule has 0 fully saturated rings. The lowest BCUT2D eigenvalue weighted by molar-refractivity contribution is -0.0327. The molecule has 0 heterocycles. The van der Waals surface area contributed by atoms with Crippen molar-refractivity contribution in [3.63, 3.8) is 0 Å². The van der Waals surface area contributed by atoms with Crippen molar-refractivity contribution in [2.45, 2.75) is 45.5 Å². The van der Waals surface area contributed by atoms with Crippen LogP contribution < -0.4 is 0 Å². The van der Waals surface area contributed by atoms with Crippen LogP contribution in [0, 0.1) is 5.92 Å². The third kappa shape index (κ3) is 4.04. The van der Waals surface area contributed by atoms with Crippen LogP contribution in [0.25, 0.3) is 0 Å². The average Bonchev–Trinajstić information content (AvgIpc) is 2.02. The highest BCUT2D eigenvalue weighted by Crippen LogP contribution is 2.11. The third-order valence-corrected chi connectivity index (χ3v) is 2.17. The van der Waals surface area contributed by atoms with Crippen molar-refractivity contribution in [2.24, 2.45) is 5.92 Å². The molecule has 3 unspecified atom stereocenters. The van der Waals surface area contributed by atoms with Crippen LogP contribution in [-0.2, 0) is 4.74 Å². The van der Waals surface area contributed by atoms with Crippen LogP contribution in [0.4, 0.5) is 0 Å². The van der Waals surface area contributed by atoms with Crippen LogP contribution in [0.1, 0.15) is 27.2 Å². The number of ether oxygens (including phenoxy) is 1. The first-order valence-electron chi connectivity index (χ1n) is 4.38. The summed E-state index contributed by atoms with van der Waals surface area (Å²) in [4.78, 5) is 0. The summed E-state index contributed by atoms with van der Waals surface area (Å²) in [7, 11) is 1.55. The van der Waals surface area contributed by atoms with E-state index in [0.717, 1.165) is 0 Å². The first kappa shape index (κ1) is 11.9. The maximum Gasteiger partial charge on any atom is 0.0823 e. The second-order valence-corrected chi connectivity index (χ2v) is 3.56. The molecule has 0 aromatic rings. The number of aliphatic hydroxyl groups is 2. The van der Waals surface area contributed by atoms with Gasteiger partial charge in [0.05, 0.1) is 18.3 Å². The average molecular weight is 176 g/mol. The van der Waals surface area contributed by atoms with Crippen molar-refractivity contribution in [1.29, 1.82) is 0 Å². The molecular weight excluding hydrogens is 156 g/mol. The van der Waals surface area contributed by atoms with Crippen molar-refractivity contribution in [3.8, 4) is 0 Å². The Labute approximate surface area is 74.4 Å². The Hall–Kier alpha value is -0.120. The molecule has 0 saturated heterocycles. The highest BCUT2D eigenvalue weighted by Gasteiger charge is 2.19. The van der Waals surface area contributed by atoms with Crippen molar-refractivity contribution < 1.29 is 14.9 Å². The lowest BCUT2D eigenvalue weighted by Gasteiger charge is -2.22. The number of hydrogen-bond donors (Lipinski definition) is 2. The lowest BCUT2D eigenvalue weighted by atomic mass is 9.99. The Bertz CT molecular complexity index is 114. The molecule has 0 aliphatic carbocycles. The largest absolute Gasteiger partial charge is 0.393 e. The van der Waals surface area contributed by atoms with Crippen molar-refractivity contribution >= 4 is 0 Å². The molecule has 0 aromatic heterocycles. The second kappa shape index (κ2) is 5.51. The number of hydrogen-bond acceptors (Lipinski definition) is 3. The fraction of sp³-hybridized carbons (Fsp3) is 1.00. The molecule has 0 spiro atoms. The summed E-state index contributed by atoms with van der Waals surface area (Å²) < 4.78 is 4.93. The molecule has 0 radical (unpaired) electrons. The summed E-state index contributed by atoms with van der Waals surface area (Å²) in [6, 6.07) is 0. The van der Waals surface area contributed by atoms with Gasteiger partial charge in [0.2, 0.25) is 0 Å². The highest BCUT2D eigenvalue weighted by atomic mass is 16.5. The molecule has 2 N–H and O–H groups in total. The standard InChI is InChI=1S/C9H20O3/c1-6(2)8(10)5-9(11)7(3)12-4/h6-11H,5H2,1-4H3. The van der Waals surface area contributed by atoms with Gasteiger partial charge in [0.25, 0.3) is 0 Å². The monoisotopic (exact) mass is 176 g/mol. The molecule has 0 aliphatic rings. The van der Waals surface area contributed by atoms with Gasteiger partial charge >= 0.3 is 0 Å². The Morgan fingerprint density at radius 1 is 1.08 bits per heavy atom. The van der Waals surface area contributed by atoms with Crippen molar-refractivity contribution in [3.05, 3.63) is 0 Å². The van der Waals surface area contributed by atoms with E-state index in [1.54, 1.807) is 14.0 Å². The Kier molecular flexibility index (Phi) is 5.46. The fourth-order valence-electron chi connectivity index (χ4n) is 0.868. The molecule has 0 aromatic carbocycles. The molecule has 12 heavy (non-hydrogen) atoms. The van der Waals surface area contributed by atoms with Gasteiger partial charge < -0.3 is 14.9 Å². The summed E-state index contributed by atoms with van der Waals surface area (Å²) in [5, 5.41) is 18.9. The number of rotatable bonds is 5. The van der Waals surface area contributed by atoms with Crippen LogP contribution in [0.2, 0.25) is 0 Å². The minimum atomic E-state index is -0.576. The quantitative estimate of drug-likeness (QED) is 0.651. The van der Waals surface area contributed by atoms with E-state index in [9.17, 15) is 10.2 Å². The summed E-state index contributed by atoms with van der Waals surface area (Å²) in [5.41, 5.74) is 0. The molecule has 3 heteroatoms. The van der Waals surface area contributed by atoms with Crippen LogP contribution in [0.15, 0.2) is 0 Å². The van der Waals surface area contributed by atoms with Gasteiger partial charge in [0.15, 0.2) is 0 Å². The molecular formula is C9H20O3. The predicted octanol–water partition coefficient (Wildman–Crippen LogP) is 0.789. The maximum atomic E-state index is 9.45. The molecule has 0 rings (SSSR count). The summed E-state index contributed by atoms with van der Waals surface area (Å²) in [6.07, 6.45) is -0.851. The molecule has 0 aliphatic heterocycles. The van der Waals surface area contributed by atoms with Crippen LogP contribution in [0.3, 0.4) is 0 Å². The zero-order valence-electron chi connectivity index (χ0n) is 8.32. The van der Waals surface area contributed by atoms with Crippen molar-refractivity contribution in [1.82, 2.24) is 0 Å². The van der Waals surface area contributed by atoms with Gasteiger partial charge in [0, 0.05) is 13.5 Å². The van der Waals surface area contributed by atoms with E-state index in [0.29, 0.717) is 6.42 Å². The normalized spacial score (nSPS) is 19.2. The number of aliphatic hydroxyl groups excluding tert-OH is 2. The molecule has 3 atom stereocenters. The van der Waals surface area contributed by atoms with Gasteiger partial charge in [-0.2, -0.15) is 0 Å². The topological polar surface area (TPSA) is 49.7 Å².